The molecule has 3 heteroatoms. The second-order valence-corrected chi connectivity index (χ2v) is 7.36. The van der Waals surface area contributed by atoms with Crippen LogP contribution in [0.1, 0.15) is 81.4 Å². The lowest BCUT2D eigenvalue weighted by Gasteiger charge is -2.18. The Morgan fingerprint density at radius 1 is 1.07 bits per heavy atom. The van der Waals surface area contributed by atoms with Gasteiger partial charge in [-0.15, -0.1) is 0 Å². The summed E-state index contributed by atoms with van der Waals surface area (Å²) in [5.41, 5.74) is 10.2. The summed E-state index contributed by atoms with van der Waals surface area (Å²) in [6, 6.07) is 10.9. The SMILES string of the molecule is CC.CCC.CCC(C)Cc1ccc2c(c1)C(=O)C=C(c1ccc(N)c(F)c1)C2. The number of benzene rings is 2. The Hall–Kier alpha value is -2.42. The number of hydrogen-bond acceptors (Lipinski definition) is 2. The van der Waals surface area contributed by atoms with Crippen LogP contribution in [0.3, 0.4) is 0 Å². The van der Waals surface area contributed by atoms with Crippen LogP contribution in [0.5, 0.6) is 0 Å². The van der Waals surface area contributed by atoms with E-state index in [0.717, 1.165) is 29.5 Å². The molecule has 1 aliphatic carbocycles. The Morgan fingerprint density at radius 3 is 2.31 bits per heavy atom. The van der Waals surface area contributed by atoms with Crippen LogP contribution in [0.25, 0.3) is 5.57 Å². The highest BCUT2D eigenvalue weighted by Gasteiger charge is 2.20. The van der Waals surface area contributed by atoms with E-state index in [1.54, 1.807) is 18.2 Å². The maximum Gasteiger partial charge on any atom is 0.186 e. The molecule has 0 aliphatic heterocycles. The highest BCUT2D eigenvalue weighted by atomic mass is 19.1. The molecule has 0 amide bonds. The van der Waals surface area contributed by atoms with E-state index in [2.05, 4.69) is 33.8 Å². The van der Waals surface area contributed by atoms with Crippen molar-refractivity contribution < 1.29 is 9.18 Å². The molecule has 3 rings (SSSR count). The number of anilines is 1. The van der Waals surface area contributed by atoms with Gasteiger partial charge in [0.05, 0.1) is 5.69 Å². The van der Waals surface area contributed by atoms with Crippen molar-refractivity contribution in [3.63, 3.8) is 0 Å². The first kappa shape index (κ1) is 24.6. The first-order valence-electron chi connectivity index (χ1n) is 10.8. The zero-order valence-electron chi connectivity index (χ0n) is 18.8. The number of halogens is 1. The molecule has 0 heterocycles. The third-order valence-corrected chi connectivity index (χ3v) is 4.78. The summed E-state index contributed by atoms with van der Waals surface area (Å²) < 4.78 is 13.7. The predicted molar refractivity (Wildman–Crippen MR) is 124 cm³/mol. The normalized spacial score (nSPS) is 13.2. The minimum absolute atomic E-state index is 0.00511. The second kappa shape index (κ2) is 12.2. The van der Waals surface area contributed by atoms with Crippen molar-refractivity contribution in [2.45, 2.75) is 67.2 Å². The lowest BCUT2D eigenvalue weighted by molar-refractivity contribution is 0.104. The molecule has 2 N–H and O–H groups in total. The number of carbonyl (C=O) groups excluding carboxylic acids is 1. The van der Waals surface area contributed by atoms with E-state index in [4.69, 9.17) is 5.73 Å². The molecule has 1 aliphatic rings. The van der Waals surface area contributed by atoms with Crippen molar-refractivity contribution in [3.8, 4) is 0 Å². The third kappa shape index (κ3) is 6.85. The average molecular weight is 398 g/mol. The van der Waals surface area contributed by atoms with Crippen LogP contribution in [0.4, 0.5) is 10.1 Å². The van der Waals surface area contributed by atoms with Crippen molar-refractivity contribution in [2.24, 2.45) is 5.92 Å². The number of nitrogens with two attached hydrogens (primary N) is 1. The number of nitrogen functional groups attached to an aromatic ring is 1. The molecule has 1 atom stereocenters. The maximum absolute atomic E-state index is 13.7. The molecule has 2 aromatic rings. The lowest BCUT2D eigenvalue weighted by Crippen LogP contribution is -2.11. The Bertz CT molecular complexity index is 839. The number of allylic oxidation sites excluding steroid dienone is 2. The smallest absolute Gasteiger partial charge is 0.186 e. The largest absolute Gasteiger partial charge is 0.396 e. The number of ketones is 1. The summed E-state index contributed by atoms with van der Waals surface area (Å²) in [5, 5.41) is 0. The van der Waals surface area contributed by atoms with Gasteiger partial charge in [-0.1, -0.05) is 72.6 Å². The summed E-state index contributed by atoms with van der Waals surface area (Å²) in [7, 11) is 0. The molecule has 0 spiro atoms. The van der Waals surface area contributed by atoms with Gasteiger partial charge in [-0.2, -0.15) is 0 Å². The van der Waals surface area contributed by atoms with Crippen LogP contribution in [-0.2, 0) is 12.8 Å². The average Bonchev–Trinajstić information content (AvgIpc) is 2.72. The quantitative estimate of drug-likeness (QED) is 0.552. The molecule has 2 aromatic carbocycles. The van der Waals surface area contributed by atoms with E-state index in [1.165, 1.54) is 18.1 Å². The van der Waals surface area contributed by atoms with Gasteiger partial charge in [-0.25, -0.2) is 4.39 Å². The number of fused-ring (bicyclic) bond motifs is 1. The van der Waals surface area contributed by atoms with Gasteiger partial charge >= 0.3 is 0 Å². The highest BCUT2D eigenvalue weighted by Crippen LogP contribution is 2.30. The van der Waals surface area contributed by atoms with E-state index in [-0.39, 0.29) is 11.5 Å². The monoisotopic (exact) mass is 397 g/mol. The zero-order valence-corrected chi connectivity index (χ0v) is 18.8. The molecule has 29 heavy (non-hydrogen) atoms. The van der Waals surface area contributed by atoms with Crippen LogP contribution in [0, 0.1) is 11.7 Å². The van der Waals surface area contributed by atoms with Crippen LogP contribution < -0.4 is 5.73 Å². The molecule has 0 fully saturated rings. The maximum atomic E-state index is 13.7. The Balaban J connectivity index is 0.000000771. The van der Waals surface area contributed by atoms with E-state index in [1.807, 2.05) is 26.0 Å². The molecule has 0 saturated heterocycles. The second-order valence-electron chi connectivity index (χ2n) is 7.36. The van der Waals surface area contributed by atoms with Gasteiger partial charge in [0.1, 0.15) is 5.82 Å². The molecule has 0 radical (unpaired) electrons. The van der Waals surface area contributed by atoms with Gasteiger partial charge in [0.2, 0.25) is 0 Å². The summed E-state index contributed by atoms with van der Waals surface area (Å²) in [6.07, 6.45) is 5.61. The molecule has 1 unspecified atom stereocenters. The van der Waals surface area contributed by atoms with Gasteiger partial charge in [0, 0.05) is 5.56 Å². The lowest BCUT2D eigenvalue weighted by atomic mass is 9.85. The van der Waals surface area contributed by atoms with Crippen LogP contribution in [0.2, 0.25) is 0 Å². The molecule has 2 nitrogen and oxygen atoms in total. The van der Waals surface area contributed by atoms with Crippen LogP contribution in [-0.4, -0.2) is 5.78 Å². The first-order chi connectivity index (χ1) is 13.9. The van der Waals surface area contributed by atoms with Crippen molar-refractivity contribution in [1.29, 1.82) is 0 Å². The van der Waals surface area contributed by atoms with Gasteiger partial charge in [0.15, 0.2) is 5.78 Å². The molecule has 0 saturated carbocycles. The molecular formula is C26H36FNO. The minimum Gasteiger partial charge on any atom is -0.396 e. The van der Waals surface area contributed by atoms with E-state index < -0.39 is 5.82 Å². The standard InChI is InChI=1S/C21H22FNO.C3H8.C2H6/c1-3-13(2)8-14-4-5-16-10-17(12-21(24)18(16)9-14)15-6-7-20(23)19(22)11-15;1-3-2;1-2/h4-7,9,11-13H,3,8,10,23H2,1-2H3;3H2,1-2H3;1-2H3. The predicted octanol–water partition coefficient (Wildman–Crippen LogP) is 7.26. The van der Waals surface area contributed by atoms with Crippen LogP contribution >= 0.6 is 0 Å². The molecule has 158 valence electrons. The first-order valence-corrected chi connectivity index (χ1v) is 10.8. The minimum atomic E-state index is -0.449. The van der Waals surface area contributed by atoms with Gasteiger partial charge in [0.25, 0.3) is 0 Å². The number of rotatable bonds is 4. The van der Waals surface area contributed by atoms with Crippen molar-refractivity contribution in [2.75, 3.05) is 5.73 Å². The molecule has 0 bridgehead atoms. The summed E-state index contributed by atoms with van der Waals surface area (Å²) in [4.78, 5) is 12.5. The van der Waals surface area contributed by atoms with E-state index in [0.29, 0.717) is 17.9 Å². The number of carbonyl (C=O) groups is 1. The third-order valence-electron chi connectivity index (χ3n) is 4.78. The Kier molecular flexibility index (Phi) is 10.4. The van der Waals surface area contributed by atoms with Crippen molar-refractivity contribution in [1.82, 2.24) is 0 Å². The fourth-order valence-corrected chi connectivity index (χ4v) is 3.09. The topological polar surface area (TPSA) is 43.1 Å². The van der Waals surface area contributed by atoms with Crippen molar-refractivity contribution >= 4 is 17.0 Å². The van der Waals surface area contributed by atoms with E-state index in [9.17, 15) is 9.18 Å². The molecular weight excluding hydrogens is 361 g/mol. The summed E-state index contributed by atoms with van der Waals surface area (Å²) in [5.74, 6) is 0.149. The Morgan fingerprint density at radius 2 is 1.72 bits per heavy atom. The van der Waals surface area contributed by atoms with Crippen molar-refractivity contribution in [3.05, 3.63) is 70.5 Å². The number of hydrogen-bond donors (Lipinski definition) is 1. The summed E-state index contributed by atoms with van der Waals surface area (Å²) in [6.45, 7) is 12.6. The summed E-state index contributed by atoms with van der Waals surface area (Å²) >= 11 is 0. The highest BCUT2D eigenvalue weighted by molar-refractivity contribution is 6.12. The Labute approximate surface area is 176 Å². The van der Waals surface area contributed by atoms with E-state index >= 15 is 0 Å². The van der Waals surface area contributed by atoms with Crippen LogP contribution in [0.15, 0.2) is 42.5 Å². The fraction of sp³-hybridized carbons (Fsp3) is 0.423. The zero-order chi connectivity index (χ0) is 22.0. The van der Waals surface area contributed by atoms with Gasteiger partial charge in [-0.3, -0.25) is 4.79 Å². The molecule has 0 aromatic heterocycles. The van der Waals surface area contributed by atoms with Gasteiger partial charge in [-0.05, 0) is 65.3 Å². The fourth-order valence-electron chi connectivity index (χ4n) is 3.09. The van der Waals surface area contributed by atoms with Gasteiger partial charge < -0.3 is 5.73 Å².